The van der Waals surface area contributed by atoms with E-state index < -0.39 is 28.2 Å². The third-order valence-electron chi connectivity index (χ3n) is 4.61. The van der Waals surface area contributed by atoms with Crippen LogP contribution in [-0.4, -0.2) is 60.9 Å². The Hall–Kier alpha value is -2.24. The third-order valence-corrected chi connectivity index (χ3v) is 5.53. The van der Waals surface area contributed by atoms with Crippen LogP contribution < -0.4 is 10.5 Å². The Morgan fingerprint density at radius 1 is 1.48 bits per heavy atom. The molecule has 29 heavy (non-hydrogen) atoms. The van der Waals surface area contributed by atoms with Crippen molar-refractivity contribution in [3.8, 4) is 11.4 Å². The number of likely N-dealkylation sites (tertiary alicyclic amines) is 1. The Labute approximate surface area is 172 Å². The minimum Gasteiger partial charge on any atom is -0.339 e. The van der Waals surface area contributed by atoms with Crippen LogP contribution in [0.5, 0.6) is 0 Å². The molecule has 158 valence electrons. The van der Waals surface area contributed by atoms with Crippen LogP contribution in [0.25, 0.3) is 11.4 Å². The van der Waals surface area contributed by atoms with Gasteiger partial charge in [-0.2, -0.15) is 4.98 Å². The standard InChI is InChI=1S/C17H21ClFN5O4S/c1-9(14(20)17(25)24-6-5-10(19)8-24)16-21-15(22-28-16)12-4-3-11(7-13(12)18)23-29(2,26)27/h3-4,7,9-10,14,23H,5-6,8,20H2,1-2H3/t9-,10+,14-/m0/s1. The maximum absolute atomic E-state index is 13.3. The lowest BCUT2D eigenvalue weighted by Gasteiger charge is -2.22. The lowest BCUT2D eigenvalue weighted by Crippen LogP contribution is -2.45. The highest BCUT2D eigenvalue weighted by Crippen LogP contribution is 2.30. The highest BCUT2D eigenvalue weighted by molar-refractivity contribution is 7.92. The fourth-order valence-electron chi connectivity index (χ4n) is 3.00. The summed E-state index contributed by atoms with van der Waals surface area (Å²) in [7, 11) is -3.44. The van der Waals surface area contributed by atoms with Crippen molar-refractivity contribution in [3.05, 3.63) is 29.1 Å². The molecule has 1 aliphatic rings. The van der Waals surface area contributed by atoms with Gasteiger partial charge in [-0.15, -0.1) is 0 Å². The number of alkyl halides is 1. The Balaban J connectivity index is 1.75. The molecule has 1 aromatic heterocycles. The van der Waals surface area contributed by atoms with Gasteiger partial charge in [0.1, 0.15) is 6.17 Å². The lowest BCUT2D eigenvalue weighted by molar-refractivity contribution is -0.132. The van der Waals surface area contributed by atoms with E-state index in [1.807, 2.05) is 0 Å². The summed E-state index contributed by atoms with van der Waals surface area (Å²) in [5.41, 5.74) is 6.76. The van der Waals surface area contributed by atoms with Crippen LogP contribution in [0.15, 0.2) is 22.7 Å². The largest absolute Gasteiger partial charge is 0.339 e. The molecule has 0 saturated carbocycles. The van der Waals surface area contributed by atoms with Gasteiger partial charge >= 0.3 is 0 Å². The Kier molecular flexibility index (Phi) is 6.11. The summed E-state index contributed by atoms with van der Waals surface area (Å²) in [6.07, 6.45) is 0.307. The molecule has 1 saturated heterocycles. The number of carbonyl (C=O) groups is 1. The molecule has 0 aliphatic carbocycles. The zero-order valence-corrected chi connectivity index (χ0v) is 17.4. The quantitative estimate of drug-likeness (QED) is 0.692. The number of sulfonamides is 1. The van der Waals surface area contributed by atoms with Crippen molar-refractivity contribution < 1.29 is 22.1 Å². The molecule has 3 N–H and O–H groups in total. The molecular weight excluding hydrogens is 425 g/mol. The van der Waals surface area contributed by atoms with Crippen molar-refractivity contribution in [2.45, 2.75) is 31.5 Å². The number of hydrogen-bond donors (Lipinski definition) is 2. The number of anilines is 1. The van der Waals surface area contributed by atoms with Gasteiger partial charge < -0.3 is 15.2 Å². The second kappa shape index (κ2) is 8.25. The van der Waals surface area contributed by atoms with Crippen LogP contribution in [0.1, 0.15) is 25.2 Å². The average molecular weight is 446 g/mol. The number of aromatic nitrogens is 2. The first-order chi connectivity index (χ1) is 13.5. The van der Waals surface area contributed by atoms with Gasteiger partial charge in [0, 0.05) is 17.8 Å². The molecule has 0 bridgehead atoms. The number of nitrogens with one attached hydrogen (secondary N) is 1. The summed E-state index contributed by atoms with van der Waals surface area (Å²) in [4.78, 5) is 18.1. The fraction of sp³-hybridized carbons (Fsp3) is 0.471. The van der Waals surface area contributed by atoms with Gasteiger partial charge in [-0.3, -0.25) is 9.52 Å². The molecule has 2 aromatic rings. The van der Waals surface area contributed by atoms with E-state index in [-0.39, 0.29) is 29.2 Å². The lowest BCUT2D eigenvalue weighted by atomic mass is 10.0. The van der Waals surface area contributed by atoms with Gasteiger partial charge in [0.15, 0.2) is 0 Å². The maximum atomic E-state index is 13.3. The number of nitrogens with two attached hydrogens (primary N) is 1. The van der Waals surface area contributed by atoms with E-state index in [4.69, 9.17) is 21.9 Å². The second-order valence-corrected chi connectivity index (χ2v) is 9.17. The molecule has 1 fully saturated rings. The Morgan fingerprint density at radius 3 is 2.79 bits per heavy atom. The molecular formula is C17H21ClFN5O4S. The molecule has 1 amide bonds. The van der Waals surface area contributed by atoms with Gasteiger partial charge in [0.25, 0.3) is 0 Å². The van der Waals surface area contributed by atoms with Gasteiger partial charge in [-0.1, -0.05) is 23.7 Å². The second-order valence-electron chi connectivity index (χ2n) is 7.01. The monoisotopic (exact) mass is 445 g/mol. The molecule has 1 aromatic carbocycles. The third kappa shape index (κ3) is 5.03. The van der Waals surface area contributed by atoms with Crippen molar-refractivity contribution in [1.29, 1.82) is 0 Å². The predicted octanol–water partition coefficient (Wildman–Crippen LogP) is 1.76. The summed E-state index contributed by atoms with van der Waals surface area (Å²) < 4.78 is 43.5. The van der Waals surface area contributed by atoms with E-state index in [1.165, 1.54) is 17.0 Å². The fourth-order valence-corrected chi connectivity index (χ4v) is 3.82. The molecule has 0 unspecified atom stereocenters. The normalized spacial score (nSPS) is 19.2. The maximum Gasteiger partial charge on any atom is 0.240 e. The zero-order valence-electron chi connectivity index (χ0n) is 15.8. The van der Waals surface area contributed by atoms with Gasteiger partial charge in [0.05, 0.1) is 29.8 Å². The highest BCUT2D eigenvalue weighted by atomic mass is 35.5. The van der Waals surface area contributed by atoms with Crippen molar-refractivity contribution in [2.75, 3.05) is 24.1 Å². The Bertz CT molecular complexity index is 1020. The van der Waals surface area contributed by atoms with Crippen LogP contribution in [0.4, 0.5) is 10.1 Å². The number of rotatable bonds is 6. The SMILES string of the molecule is C[C@H](c1nc(-c2ccc(NS(C)(=O)=O)cc2Cl)no1)[C@H](N)C(=O)N1CC[C@@H](F)C1. The molecule has 3 rings (SSSR count). The van der Waals surface area contributed by atoms with Gasteiger partial charge in [0.2, 0.25) is 27.6 Å². The topological polar surface area (TPSA) is 131 Å². The average Bonchev–Trinajstić information content (AvgIpc) is 3.28. The predicted molar refractivity (Wildman–Crippen MR) is 106 cm³/mol. The van der Waals surface area contributed by atoms with Crippen molar-refractivity contribution in [1.82, 2.24) is 15.0 Å². The van der Waals surface area contributed by atoms with E-state index in [0.29, 0.717) is 24.2 Å². The summed E-state index contributed by atoms with van der Waals surface area (Å²) in [5, 5.41) is 4.09. The number of amides is 1. The first-order valence-corrected chi connectivity index (χ1v) is 11.1. The van der Waals surface area contributed by atoms with Gasteiger partial charge in [-0.05, 0) is 24.6 Å². The van der Waals surface area contributed by atoms with Crippen LogP contribution in [0.2, 0.25) is 5.02 Å². The van der Waals surface area contributed by atoms with E-state index in [1.54, 1.807) is 13.0 Å². The first-order valence-electron chi connectivity index (χ1n) is 8.85. The van der Waals surface area contributed by atoms with E-state index in [9.17, 15) is 17.6 Å². The van der Waals surface area contributed by atoms with Gasteiger partial charge in [-0.25, -0.2) is 12.8 Å². The molecule has 1 aliphatic heterocycles. The molecule has 2 heterocycles. The summed E-state index contributed by atoms with van der Waals surface area (Å²) in [6.45, 7) is 2.04. The molecule has 3 atom stereocenters. The molecule has 9 nitrogen and oxygen atoms in total. The molecule has 0 spiro atoms. The number of benzene rings is 1. The number of halogens is 2. The first kappa shape index (κ1) is 21.5. The van der Waals surface area contributed by atoms with Crippen LogP contribution >= 0.6 is 11.6 Å². The summed E-state index contributed by atoms with van der Waals surface area (Å²) in [6, 6.07) is 3.53. The zero-order chi connectivity index (χ0) is 21.3. The van der Waals surface area contributed by atoms with Crippen LogP contribution in [0.3, 0.4) is 0 Å². The minimum absolute atomic E-state index is 0.0395. The van der Waals surface area contributed by atoms with Crippen molar-refractivity contribution in [3.63, 3.8) is 0 Å². The Morgan fingerprint density at radius 2 is 2.21 bits per heavy atom. The highest BCUT2D eigenvalue weighted by Gasteiger charge is 2.34. The van der Waals surface area contributed by atoms with Crippen LogP contribution in [-0.2, 0) is 14.8 Å². The number of carbonyl (C=O) groups excluding carboxylic acids is 1. The smallest absolute Gasteiger partial charge is 0.240 e. The molecule has 12 heteroatoms. The van der Waals surface area contributed by atoms with E-state index in [2.05, 4.69) is 14.9 Å². The van der Waals surface area contributed by atoms with Crippen molar-refractivity contribution >= 4 is 33.2 Å². The molecule has 0 radical (unpaired) electrons. The van der Waals surface area contributed by atoms with E-state index in [0.717, 1.165) is 6.26 Å². The summed E-state index contributed by atoms with van der Waals surface area (Å²) in [5.74, 6) is -0.641. The van der Waals surface area contributed by atoms with Crippen LogP contribution in [0, 0.1) is 0 Å². The minimum atomic E-state index is -3.44. The number of nitrogens with zero attached hydrogens (tertiary/aromatic N) is 3. The number of hydrogen-bond acceptors (Lipinski definition) is 7. The summed E-state index contributed by atoms with van der Waals surface area (Å²) >= 11 is 6.22. The van der Waals surface area contributed by atoms with E-state index >= 15 is 0 Å². The van der Waals surface area contributed by atoms with Crippen molar-refractivity contribution in [2.24, 2.45) is 5.73 Å².